The van der Waals surface area contributed by atoms with Crippen LogP contribution in [0.1, 0.15) is 15.9 Å². The zero-order chi connectivity index (χ0) is 19.1. The second-order valence-corrected chi connectivity index (χ2v) is 6.12. The summed E-state index contributed by atoms with van der Waals surface area (Å²) in [6.07, 6.45) is 2.47. The summed E-state index contributed by atoms with van der Waals surface area (Å²) in [6.45, 7) is 0.400. The standard InChI is InChI=1S/C20H16N2O5/c1-26-16-9-12-11-21(20(25)15(12)10-17(16)27-2)13-3-5-14(6-4-13)22-18(23)7-8-19(22)24/h3-10H,11H2,1-2H3. The van der Waals surface area contributed by atoms with Gasteiger partial charge in [0.2, 0.25) is 0 Å². The Balaban J connectivity index is 1.62. The first-order valence-corrected chi connectivity index (χ1v) is 8.26. The molecule has 4 rings (SSSR count). The number of methoxy groups -OCH3 is 2. The van der Waals surface area contributed by atoms with Gasteiger partial charge in [0.15, 0.2) is 11.5 Å². The molecule has 2 aromatic carbocycles. The Labute approximate surface area is 155 Å². The average molecular weight is 364 g/mol. The highest BCUT2D eigenvalue weighted by molar-refractivity contribution is 6.28. The minimum Gasteiger partial charge on any atom is -0.493 e. The van der Waals surface area contributed by atoms with Crippen molar-refractivity contribution in [2.24, 2.45) is 0 Å². The molecule has 0 N–H and O–H groups in total. The van der Waals surface area contributed by atoms with E-state index < -0.39 is 0 Å². The molecule has 7 heteroatoms. The molecule has 3 amide bonds. The van der Waals surface area contributed by atoms with E-state index in [-0.39, 0.29) is 17.7 Å². The summed E-state index contributed by atoms with van der Waals surface area (Å²) in [4.78, 5) is 39.1. The maximum absolute atomic E-state index is 12.8. The van der Waals surface area contributed by atoms with Crippen molar-refractivity contribution in [2.45, 2.75) is 6.54 Å². The highest BCUT2D eigenvalue weighted by Crippen LogP contribution is 2.37. The predicted molar refractivity (Wildman–Crippen MR) is 98.1 cm³/mol. The van der Waals surface area contributed by atoms with E-state index in [1.54, 1.807) is 48.4 Å². The molecule has 0 spiro atoms. The summed E-state index contributed by atoms with van der Waals surface area (Å²) < 4.78 is 10.6. The number of benzene rings is 2. The number of rotatable bonds is 4. The van der Waals surface area contributed by atoms with Gasteiger partial charge in [-0.05, 0) is 42.0 Å². The average Bonchev–Trinajstić information content (AvgIpc) is 3.19. The first-order valence-electron chi connectivity index (χ1n) is 8.26. The minimum atomic E-state index is -0.378. The van der Waals surface area contributed by atoms with E-state index in [4.69, 9.17) is 9.47 Å². The molecule has 0 atom stereocenters. The van der Waals surface area contributed by atoms with E-state index in [1.807, 2.05) is 0 Å². The molecule has 0 unspecified atom stereocenters. The highest BCUT2D eigenvalue weighted by atomic mass is 16.5. The van der Waals surface area contributed by atoms with Gasteiger partial charge in [-0.15, -0.1) is 0 Å². The zero-order valence-corrected chi connectivity index (χ0v) is 14.8. The number of anilines is 2. The van der Waals surface area contributed by atoms with Crippen molar-refractivity contribution in [1.29, 1.82) is 0 Å². The van der Waals surface area contributed by atoms with Crippen molar-refractivity contribution in [3.8, 4) is 11.5 Å². The second kappa shape index (κ2) is 6.28. The number of hydrogen-bond donors (Lipinski definition) is 0. The van der Waals surface area contributed by atoms with Gasteiger partial charge < -0.3 is 14.4 Å². The second-order valence-electron chi connectivity index (χ2n) is 6.12. The summed E-state index contributed by atoms with van der Waals surface area (Å²) in [5.41, 5.74) is 2.54. The molecular formula is C20H16N2O5. The highest BCUT2D eigenvalue weighted by Gasteiger charge is 2.31. The molecule has 0 saturated heterocycles. The van der Waals surface area contributed by atoms with Gasteiger partial charge in [0, 0.05) is 23.4 Å². The van der Waals surface area contributed by atoms with Crippen LogP contribution in [0.15, 0.2) is 48.6 Å². The van der Waals surface area contributed by atoms with E-state index in [1.165, 1.54) is 19.3 Å². The Morgan fingerprint density at radius 1 is 0.815 bits per heavy atom. The normalized spacial score (nSPS) is 15.6. The van der Waals surface area contributed by atoms with Crippen molar-refractivity contribution < 1.29 is 23.9 Å². The minimum absolute atomic E-state index is 0.145. The zero-order valence-electron chi connectivity index (χ0n) is 14.8. The third-order valence-corrected chi connectivity index (χ3v) is 4.64. The summed E-state index contributed by atoms with van der Waals surface area (Å²) in [5.74, 6) is 0.169. The van der Waals surface area contributed by atoms with E-state index >= 15 is 0 Å². The van der Waals surface area contributed by atoms with Gasteiger partial charge in [-0.25, -0.2) is 4.90 Å². The fraction of sp³-hybridized carbons (Fsp3) is 0.150. The van der Waals surface area contributed by atoms with Crippen molar-refractivity contribution in [3.63, 3.8) is 0 Å². The van der Waals surface area contributed by atoms with E-state index in [9.17, 15) is 14.4 Å². The van der Waals surface area contributed by atoms with Crippen LogP contribution in [-0.2, 0) is 16.1 Å². The number of carbonyl (C=O) groups excluding carboxylic acids is 3. The third kappa shape index (κ3) is 2.64. The van der Waals surface area contributed by atoms with Crippen LogP contribution in [0.3, 0.4) is 0 Å². The molecule has 2 aliphatic heterocycles. The number of amides is 3. The maximum Gasteiger partial charge on any atom is 0.259 e. The third-order valence-electron chi connectivity index (χ3n) is 4.64. The molecule has 27 heavy (non-hydrogen) atoms. The Morgan fingerprint density at radius 3 is 1.96 bits per heavy atom. The van der Waals surface area contributed by atoms with E-state index in [2.05, 4.69) is 0 Å². The number of carbonyl (C=O) groups is 3. The van der Waals surface area contributed by atoms with Crippen molar-refractivity contribution in [2.75, 3.05) is 24.0 Å². The molecule has 2 heterocycles. The van der Waals surface area contributed by atoms with Gasteiger partial charge in [0.05, 0.1) is 26.5 Å². The van der Waals surface area contributed by atoms with Crippen LogP contribution in [0.2, 0.25) is 0 Å². The van der Waals surface area contributed by atoms with Gasteiger partial charge in [-0.3, -0.25) is 14.4 Å². The lowest BCUT2D eigenvalue weighted by Gasteiger charge is -2.18. The van der Waals surface area contributed by atoms with Crippen molar-refractivity contribution >= 4 is 29.1 Å². The molecule has 136 valence electrons. The SMILES string of the molecule is COc1cc2c(cc1OC)C(=O)N(c1ccc(N3C(=O)C=CC3=O)cc1)C2. The predicted octanol–water partition coefficient (Wildman–Crippen LogP) is 2.29. The summed E-state index contributed by atoms with van der Waals surface area (Å²) in [7, 11) is 3.07. The van der Waals surface area contributed by atoms with E-state index in [0.29, 0.717) is 35.0 Å². The Kier molecular flexibility index (Phi) is 3.92. The number of fused-ring (bicyclic) bond motifs is 1. The summed E-state index contributed by atoms with van der Waals surface area (Å²) in [5, 5.41) is 0. The molecule has 0 fully saturated rings. The summed E-state index contributed by atoms with van der Waals surface area (Å²) >= 11 is 0. The lowest BCUT2D eigenvalue weighted by atomic mass is 10.1. The molecular weight excluding hydrogens is 348 g/mol. The first-order chi connectivity index (χ1) is 13.0. The van der Waals surface area contributed by atoms with Crippen LogP contribution >= 0.6 is 0 Å². The molecule has 2 aromatic rings. The monoisotopic (exact) mass is 364 g/mol. The fourth-order valence-corrected chi connectivity index (χ4v) is 3.28. The van der Waals surface area contributed by atoms with Crippen molar-refractivity contribution in [3.05, 3.63) is 59.7 Å². The lowest BCUT2D eigenvalue weighted by molar-refractivity contribution is -0.119. The quantitative estimate of drug-likeness (QED) is 0.778. The van der Waals surface area contributed by atoms with Crippen LogP contribution in [0, 0.1) is 0 Å². The number of ether oxygens (including phenoxy) is 2. The van der Waals surface area contributed by atoms with Gasteiger partial charge >= 0.3 is 0 Å². The van der Waals surface area contributed by atoms with Crippen LogP contribution in [0.5, 0.6) is 11.5 Å². The summed E-state index contributed by atoms with van der Waals surface area (Å²) in [6, 6.07) is 10.2. The van der Waals surface area contributed by atoms with E-state index in [0.717, 1.165) is 10.5 Å². The molecule has 7 nitrogen and oxygen atoms in total. The smallest absolute Gasteiger partial charge is 0.259 e. The molecule has 0 aliphatic carbocycles. The number of nitrogens with zero attached hydrogens (tertiary/aromatic N) is 2. The lowest BCUT2D eigenvalue weighted by Crippen LogP contribution is -2.29. The van der Waals surface area contributed by atoms with Crippen molar-refractivity contribution in [1.82, 2.24) is 0 Å². The number of hydrogen-bond acceptors (Lipinski definition) is 5. The Hall–Kier alpha value is -3.61. The van der Waals surface area contributed by atoms with Crippen LogP contribution in [-0.4, -0.2) is 31.9 Å². The Morgan fingerprint density at radius 2 is 1.37 bits per heavy atom. The molecule has 0 aromatic heterocycles. The first kappa shape index (κ1) is 16.8. The van der Waals surface area contributed by atoms with Gasteiger partial charge in [0.25, 0.3) is 17.7 Å². The van der Waals surface area contributed by atoms with Gasteiger partial charge in [0.1, 0.15) is 0 Å². The fourth-order valence-electron chi connectivity index (χ4n) is 3.28. The Bertz CT molecular complexity index is 976. The molecule has 0 bridgehead atoms. The largest absolute Gasteiger partial charge is 0.493 e. The topological polar surface area (TPSA) is 76.2 Å². The molecule has 0 saturated carbocycles. The van der Waals surface area contributed by atoms with Crippen LogP contribution < -0.4 is 19.3 Å². The van der Waals surface area contributed by atoms with Crippen LogP contribution in [0.4, 0.5) is 11.4 Å². The van der Waals surface area contributed by atoms with Gasteiger partial charge in [-0.2, -0.15) is 0 Å². The molecule has 2 aliphatic rings. The van der Waals surface area contributed by atoms with Gasteiger partial charge in [-0.1, -0.05) is 0 Å². The maximum atomic E-state index is 12.8. The number of imide groups is 1. The molecule has 0 radical (unpaired) electrons. The van der Waals surface area contributed by atoms with Crippen LogP contribution in [0.25, 0.3) is 0 Å².